The van der Waals surface area contributed by atoms with Crippen LogP contribution in [0.3, 0.4) is 0 Å². The van der Waals surface area contributed by atoms with Gasteiger partial charge in [-0.15, -0.1) is 11.3 Å². The van der Waals surface area contributed by atoms with Crippen LogP contribution in [0.15, 0.2) is 24.3 Å². The van der Waals surface area contributed by atoms with Gasteiger partial charge in [-0.25, -0.2) is 4.98 Å². The average molecular weight is 245 g/mol. The monoisotopic (exact) mass is 245 g/mol. The smallest absolute Gasteiger partial charge is 0.174 e. The Labute approximate surface area is 103 Å². The first kappa shape index (κ1) is 10.5. The fourth-order valence-electron chi connectivity index (χ4n) is 2.00. The van der Waals surface area contributed by atoms with E-state index >= 15 is 0 Å². The number of carbonyl (C=O) groups excluding carboxylic acids is 1. The number of nitrogens with zero attached hydrogens (tertiary/aromatic N) is 1. The number of phenols is 1. The van der Waals surface area contributed by atoms with Crippen LogP contribution in [0.4, 0.5) is 0 Å². The number of fused-ring (bicyclic) bond motifs is 1. The Bertz CT molecular complexity index is 572. The predicted molar refractivity (Wildman–Crippen MR) is 66.5 cm³/mol. The molecule has 17 heavy (non-hydrogen) atoms. The number of ketones is 1. The molecule has 0 aliphatic heterocycles. The lowest BCUT2D eigenvalue weighted by atomic mass is 10.0. The lowest BCUT2D eigenvalue weighted by Crippen LogP contribution is -2.07. The Morgan fingerprint density at radius 1 is 1.18 bits per heavy atom. The number of phenolic OH excluding ortho intramolecular Hbond substituents is 1. The van der Waals surface area contributed by atoms with E-state index in [2.05, 4.69) is 4.98 Å². The summed E-state index contributed by atoms with van der Waals surface area (Å²) in [6, 6.07) is 6.92. The van der Waals surface area contributed by atoms with Crippen molar-refractivity contribution in [1.29, 1.82) is 0 Å². The molecule has 1 N–H and O–H groups in total. The average Bonchev–Trinajstić information content (AvgIpc) is 2.75. The normalized spacial score (nSPS) is 14.7. The summed E-state index contributed by atoms with van der Waals surface area (Å²) in [4.78, 5) is 17.1. The first-order chi connectivity index (χ1) is 8.24. The molecule has 0 bridgehead atoms. The molecule has 3 rings (SSSR count). The van der Waals surface area contributed by atoms with Crippen molar-refractivity contribution in [2.24, 2.45) is 0 Å². The van der Waals surface area contributed by atoms with Crippen molar-refractivity contribution in [3.63, 3.8) is 0 Å². The molecule has 1 aliphatic carbocycles. The molecule has 1 heterocycles. The molecule has 1 aromatic carbocycles. The van der Waals surface area contributed by atoms with Crippen molar-refractivity contribution in [3.8, 4) is 16.3 Å². The molecular weight excluding hydrogens is 234 g/mol. The van der Waals surface area contributed by atoms with Crippen LogP contribution in [-0.2, 0) is 6.42 Å². The molecule has 3 nitrogen and oxygen atoms in total. The van der Waals surface area contributed by atoms with Crippen LogP contribution in [0.1, 0.15) is 28.2 Å². The fourth-order valence-corrected chi connectivity index (χ4v) is 3.08. The number of aryl methyl sites for hydroxylation is 1. The van der Waals surface area contributed by atoms with Gasteiger partial charge in [0.15, 0.2) is 5.78 Å². The zero-order chi connectivity index (χ0) is 11.8. The topological polar surface area (TPSA) is 50.2 Å². The van der Waals surface area contributed by atoms with Crippen LogP contribution in [-0.4, -0.2) is 15.9 Å². The van der Waals surface area contributed by atoms with E-state index in [4.69, 9.17) is 0 Å². The quantitative estimate of drug-likeness (QED) is 0.840. The number of hydrogen-bond acceptors (Lipinski definition) is 4. The highest BCUT2D eigenvalue weighted by atomic mass is 32.1. The number of aromatic nitrogens is 1. The molecule has 2 aromatic rings. The zero-order valence-electron chi connectivity index (χ0n) is 9.14. The number of thiazole rings is 1. The third kappa shape index (κ3) is 1.85. The molecule has 0 fully saturated rings. The Kier molecular flexibility index (Phi) is 2.44. The Morgan fingerprint density at radius 2 is 1.94 bits per heavy atom. The van der Waals surface area contributed by atoms with Crippen molar-refractivity contribution in [2.75, 3.05) is 0 Å². The van der Waals surface area contributed by atoms with E-state index in [1.807, 2.05) is 12.1 Å². The lowest BCUT2D eigenvalue weighted by Gasteiger charge is -2.06. The third-order valence-electron chi connectivity index (χ3n) is 2.88. The second-order valence-corrected chi connectivity index (χ2v) is 5.12. The summed E-state index contributed by atoms with van der Waals surface area (Å²) < 4.78 is 0. The maximum Gasteiger partial charge on any atom is 0.174 e. The van der Waals surface area contributed by atoms with Crippen molar-refractivity contribution in [3.05, 3.63) is 34.8 Å². The number of benzene rings is 1. The van der Waals surface area contributed by atoms with Gasteiger partial charge in [0.1, 0.15) is 10.8 Å². The Morgan fingerprint density at radius 3 is 2.65 bits per heavy atom. The van der Waals surface area contributed by atoms with Gasteiger partial charge in [-0.3, -0.25) is 4.79 Å². The standard InChI is InChI=1S/C13H11NO2S/c15-9-6-4-8(5-7-9)13-14-10-2-1-3-11(16)12(10)17-13/h4-7,15H,1-3H2. The van der Waals surface area contributed by atoms with Crippen molar-refractivity contribution in [1.82, 2.24) is 4.98 Å². The van der Waals surface area contributed by atoms with E-state index in [0.717, 1.165) is 34.0 Å². The van der Waals surface area contributed by atoms with Crippen LogP contribution in [0.5, 0.6) is 5.75 Å². The number of Topliss-reactive ketones (excluding diaryl/α,β-unsaturated/α-hetero) is 1. The number of aromatic hydroxyl groups is 1. The van der Waals surface area contributed by atoms with E-state index in [0.29, 0.717) is 6.42 Å². The van der Waals surface area contributed by atoms with Crippen LogP contribution in [0.25, 0.3) is 10.6 Å². The molecule has 1 aromatic heterocycles. The molecule has 0 spiro atoms. The summed E-state index contributed by atoms with van der Waals surface area (Å²) in [5.74, 6) is 0.458. The molecule has 0 unspecified atom stereocenters. The first-order valence-corrected chi connectivity index (χ1v) is 6.38. The SMILES string of the molecule is O=C1CCCc2nc(-c3ccc(O)cc3)sc21. The zero-order valence-corrected chi connectivity index (χ0v) is 9.96. The van der Waals surface area contributed by atoms with Gasteiger partial charge in [0.05, 0.1) is 10.6 Å². The second-order valence-electron chi connectivity index (χ2n) is 4.12. The summed E-state index contributed by atoms with van der Waals surface area (Å²) >= 11 is 1.46. The molecule has 0 atom stereocenters. The van der Waals surface area contributed by atoms with E-state index in [-0.39, 0.29) is 11.5 Å². The van der Waals surface area contributed by atoms with Crippen LogP contribution in [0.2, 0.25) is 0 Å². The minimum atomic E-state index is 0.216. The summed E-state index contributed by atoms with van der Waals surface area (Å²) in [5, 5.41) is 10.1. The maximum atomic E-state index is 11.7. The summed E-state index contributed by atoms with van der Waals surface area (Å²) in [6.07, 6.45) is 2.45. The van der Waals surface area contributed by atoms with E-state index in [9.17, 15) is 9.90 Å². The fraction of sp³-hybridized carbons (Fsp3) is 0.231. The van der Waals surface area contributed by atoms with E-state index < -0.39 is 0 Å². The van der Waals surface area contributed by atoms with Gasteiger partial charge in [-0.1, -0.05) is 0 Å². The predicted octanol–water partition coefficient (Wildman–Crippen LogP) is 3.03. The highest BCUT2D eigenvalue weighted by Crippen LogP contribution is 2.33. The van der Waals surface area contributed by atoms with Gasteiger partial charge < -0.3 is 5.11 Å². The number of rotatable bonds is 1. The Balaban J connectivity index is 2.05. The third-order valence-corrected chi connectivity index (χ3v) is 4.07. The summed E-state index contributed by atoms with van der Waals surface area (Å²) in [6.45, 7) is 0. The molecular formula is C13H11NO2S. The van der Waals surface area contributed by atoms with Gasteiger partial charge in [0, 0.05) is 12.0 Å². The van der Waals surface area contributed by atoms with Crippen molar-refractivity contribution >= 4 is 17.1 Å². The van der Waals surface area contributed by atoms with Crippen molar-refractivity contribution < 1.29 is 9.90 Å². The maximum absolute atomic E-state index is 11.7. The summed E-state index contributed by atoms with van der Waals surface area (Å²) in [7, 11) is 0. The van der Waals surface area contributed by atoms with Gasteiger partial charge >= 0.3 is 0 Å². The molecule has 0 radical (unpaired) electrons. The van der Waals surface area contributed by atoms with E-state index in [1.54, 1.807) is 12.1 Å². The van der Waals surface area contributed by atoms with E-state index in [1.165, 1.54) is 11.3 Å². The van der Waals surface area contributed by atoms with Crippen LogP contribution >= 0.6 is 11.3 Å². The molecule has 86 valence electrons. The molecule has 4 heteroatoms. The van der Waals surface area contributed by atoms with Crippen molar-refractivity contribution in [2.45, 2.75) is 19.3 Å². The largest absolute Gasteiger partial charge is 0.508 e. The minimum absolute atomic E-state index is 0.216. The Hall–Kier alpha value is -1.68. The molecule has 0 saturated heterocycles. The number of hydrogen-bond donors (Lipinski definition) is 1. The molecule has 0 amide bonds. The van der Waals surface area contributed by atoms with Crippen LogP contribution < -0.4 is 0 Å². The van der Waals surface area contributed by atoms with Gasteiger partial charge in [0.2, 0.25) is 0 Å². The second kappa shape index (κ2) is 3.96. The highest BCUT2D eigenvalue weighted by Gasteiger charge is 2.22. The van der Waals surface area contributed by atoms with Gasteiger partial charge in [0.25, 0.3) is 0 Å². The highest BCUT2D eigenvalue weighted by molar-refractivity contribution is 7.17. The van der Waals surface area contributed by atoms with Gasteiger partial charge in [-0.05, 0) is 37.1 Å². The molecule has 1 aliphatic rings. The lowest BCUT2D eigenvalue weighted by molar-refractivity contribution is 0.0976. The molecule has 0 saturated carbocycles. The first-order valence-electron chi connectivity index (χ1n) is 5.56. The van der Waals surface area contributed by atoms with Crippen LogP contribution in [0, 0.1) is 0 Å². The minimum Gasteiger partial charge on any atom is -0.508 e. The number of carbonyl (C=O) groups is 1. The summed E-state index contributed by atoms with van der Waals surface area (Å²) in [5.41, 5.74) is 1.89. The van der Waals surface area contributed by atoms with Gasteiger partial charge in [-0.2, -0.15) is 0 Å².